The Kier molecular flexibility index (Phi) is 5.47. The van der Waals surface area contributed by atoms with Crippen molar-refractivity contribution in [3.05, 3.63) is 57.9 Å². The molecule has 0 fully saturated rings. The lowest BCUT2D eigenvalue weighted by molar-refractivity contribution is 0.210. The second-order valence-electron chi connectivity index (χ2n) is 8.25. The monoisotopic (exact) mass is 350 g/mol. The summed E-state index contributed by atoms with van der Waals surface area (Å²) in [5.41, 5.74) is 3.00. The van der Waals surface area contributed by atoms with Gasteiger partial charge in [0.1, 0.15) is 0 Å². The second kappa shape index (κ2) is 7.63. The Bertz CT molecular complexity index is 959. The van der Waals surface area contributed by atoms with Gasteiger partial charge >= 0.3 is 0 Å². The molecule has 0 atom stereocenters. The quantitative estimate of drug-likeness (QED) is 0.628. The summed E-state index contributed by atoms with van der Waals surface area (Å²) in [5.74, 6) is 1.16. The van der Waals surface area contributed by atoms with Crippen molar-refractivity contribution in [1.82, 2.24) is 9.88 Å². The lowest BCUT2D eigenvalue weighted by atomic mass is 10.0. The van der Waals surface area contributed by atoms with Crippen molar-refractivity contribution in [3.63, 3.8) is 0 Å². The van der Waals surface area contributed by atoms with E-state index in [1.807, 2.05) is 31.2 Å². The van der Waals surface area contributed by atoms with Gasteiger partial charge in [-0.1, -0.05) is 58.0 Å². The fourth-order valence-electron chi connectivity index (χ4n) is 3.84. The first-order valence-corrected chi connectivity index (χ1v) is 9.62. The van der Waals surface area contributed by atoms with E-state index in [1.54, 1.807) is 0 Å². The number of fused-ring (bicyclic) bond motifs is 3. The van der Waals surface area contributed by atoms with Crippen molar-refractivity contribution >= 4 is 21.7 Å². The van der Waals surface area contributed by atoms with E-state index in [0.717, 1.165) is 46.0 Å². The first-order valence-electron chi connectivity index (χ1n) is 9.62. The summed E-state index contributed by atoms with van der Waals surface area (Å²) in [6.45, 7) is 13.7. The molecule has 0 unspecified atom stereocenters. The lowest BCUT2D eigenvalue weighted by Gasteiger charge is -2.26. The third-order valence-corrected chi connectivity index (χ3v) is 4.84. The van der Waals surface area contributed by atoms with Crippen LogP contribution in [-0.4, -0.2) is 23.0 Å². The number of aryl methyl sites for hydroxylation is 1. The molecule has 1 N–H and O–H groups in total. The number of hydrogen-bond donors (Lipinski definition) is 1. The Labute approximate surface area is 156 Å². The van der Waals surface area contributed by atoms with Crippen LogP contribution in [0.25, 0.3) is 21.7 Å². The number of nitrogens with zero attached hydrogens (tertiary/aromatic N) is 1. The minimum absolute atomic E-state index is 0.166. The number of hydrogen-bond acceptors (Lipinski definition) is 2. The summed E-state index contributed by atoms with van der Waals surface area (Å²) in [6.07, 6.45) is 0. The molecule has 0 aliphatic carbocycles. The van der Waals surface area contributed by atoms with Crippen LogP contribution < -0.4 is 5.43 Å². The number of aromatic amines is 1. The number of rotatable bonds is 6. The van der Waals surface area contributed by atoms with Gasteiger partial charge < -0.3 is 4.98 Å². The maximum Gasteiger partial charge on any atom is 0.194 e. The molecular formula is C23H30N2O. The smallest absolute Gasteiger partial charge is 0.194 e. The molecule has 0 saturated heterocycles. The molecule has 138 valence electrons. The minimum Gasteiger partial charge on any atom is -0.358 e. The molecule has 3 rings (SSSR count). The zero-order valence-electron chi connectivity index (χ0n) is 16.6. The molecule has 2 aromatic carbocycles. The number of nitrogens with one attached hydrogen (secondary N) is 1. The van der Waals surface area contributed by atoms with E-state index in [0.29, 0.717) is 18.4 Å². The molecule has 3 nitrogen and oxygen atoms in total. The van der Waals surface area contributed by atoms with Crippen molar-refractivity contribution < 1.29 is 0 Å². The van der Waals surface area contributed by atoms with Crippen molar-refractivity contribution in [2.24, 2.45) is 11.8 Å². The molecule has 0 bridgehead atoms. The van der Waals surface area contributed by atoms with Crippen LogP contribution in [-0.2, 0) is 6.54 Å². The zero-order chi connectivity index (χ0) is 18.8. The van der Waals surface area contributed by atoms with Gasteiger partial charge in [0.05, 0.1) is 5.52 Å². The SMILES string of the molecule is Cc1[nH]c2c(ccc3ccccc32)c(=O)c1CN(CC(C)C)CC(C)C. The fraction of sp³-hybridized carbons (Fsp3) is 0.435. The molecule has 0 radical (unpaired) electrons. The molecule has 0 aliphatic heterocycles. The Morgan fingerprint density at radius 3 is 2.23 bits per heavy atom. The molecular weight excluding hydrogens is 320 g/mol. The van der Waals surface area contributed by atoms with Crippen LogP contribution in [0.2, 0.25) is 0 Å². The van der Waals surface area contributed by atoms with E-state index in [2.05, 4.69) is 49.7 Å². The van der Waals surface area contributed by atoms with Crippen LogP contribution in [0.4, 0.5) is 0 Å². The topological polar surface area (TPSA) is 36.1 Å². The Hall–Kier alpha value is -2.13. The fourth-order valence-corrected chi connectivity index (χ4v) is 3.84. The van der Waals surface area contributed by atoms with Gasteiger partial charge in [-0.15, -0.1) is 0 Å². The number of pyridine rings is 1. The number of aromatic nitrogens is 1. The molecule has 3 heteroatoms. The van der Waals surface area contributed by atoms with E-state index in [1.165, 1.54) is 0 Å². The molecule has 0 amide bonds. The first kappa shape index (κ1) is 18.7. The Balaban J connectivity index is 2.08. The lowest BCUT2D eigenvalue weighted by Crippen LogP contribution is -2.33. The van der Waals surface area contributed by atoms with Crippen molar-refractivity contribution in [3.8, 4) is 0 Å². The van der Waals surface area contributed by atoms with Crippen molar-refractivity contribution in [1.29, 1.82) is 0 Å². The zero-order valence-corrected chi connectivity index (χ0v) is 16.6. The Morgan fingerprint density at radius 2 is 1.58 bits per heavy atom. The summed E-state index contributed by atoms with van der Waals surface area (Å²) in [7, 11) is 0. The molecule has 0 spiro atoms. The highest BCUT2D eigenvalue weighted by Gasteiger charge is 2.16. The maximum atomic E-state index is 13.3. The summed E-state index contributed by atoms with van der Waals surface area (Å²) in [6, 6.07) is 12.2. The van der Waals surface area contributed by atoms with Gasteiger partial charge in [0.15, 0.2) is 5.43 Å². The van der Waals surface area contributed by atoms with Gasteiger partial charge in [0.2, 0.25) is 0 Å². The average molecular weight is 351 g/mol. The van der Waals surface area contributed by atoms with Crippen LogP contribution in [0.1, 0.15) is 39.0 Å². The first-order chi connectivity index (χ1) is 12.4. The average Bonchev–Trinajstić information content (AvgIpc) is 2.57. The van der Waals surface area contributed by atoms with Gasteiger partial charge in [-0.05, 0) is 30.2 Å². The highest BCUT2D eigenvalue weighted by atomic mass is 16.1. The predicted molar refractivity (Wildman–Crippen MR) is 112 cm³/mol. The minimum atomic E-state index is 0.166. The van der Waals surface area contributed by atoms with Gasteiger partial charge in [-0.2, -0.15) is 0 Å². The summed E-state index contributed by atoms with van der Waals surface area (Å²) in [5, 5.41) is 3.06. The summed E-state index contributed by atoms with van der Waals surface area (Å²) < 4.78 is 0. The molecule has 1 heterocycles. The molecule has 26 heavy (non-hydrogen) atoms. The van der Waals surface area contributed by atoms with Gasteiger partial charge in [-0.3, -0.25) is 9.69 Å². The molecule has 3 aromatic rings. The van der Waals surface area contributed by atoms with Crippen molar-refractivity contribution in [2.75, 3.05) is 13.1 Å². The van der Waals surface area contributed by atoms with E-state index < -0.39 is 0 Å². The van der Waals surface area contributed by atoms with Gasteiger partial charge in [0, 0.05) is 41.7 Å². The number of benzene rings is 2. The largest absolute Gasteiger partial charge is 0.358 e. The Morgan fingerprint density at radius 1 is 0.923 bits per heavy atom. The van der Waals surface area contributed by atoms with Gasteiger partial charge in [-0.25, -0.2) is 0 Å². The third-order valence-electron chi connectivity index (χ3n) is 4.84. The van der Waals surface area contributed by atoms with Gasteiger partial charge in [0.25, 0.3) is 0 Å². The van der Waals surface area contributed by atoms with E-state index in [9.17, 15) is 4.79 Å². The molecule has 1 aromatic heterocycles. The highest BCUT2D eigenvalue weighted by molar-refractivity contribution is 6.05. The second-order valence-corrected chi connectivity index (χ2v) is 8.25. The van der Waals surface area contributed by atoms with Crippen LogP contribution in [0.15, 0.2) is 41.2 Å². The van der Waals surface area contributed by atoms with E-state index in [-0.39, 0.29) is 5.43 Å². The standard InChI is InChI=1S/C23H30N2O/c1-15(2)12-25(13-16(3)4)14-21-17(5)24-22-19-9-7-6-8-18(19)10-11-20(22)23(21)26/h6-11,15-16H,12-14H2,1-5H3,(H,24,26). The molecule has 0 saturated carbocycles. The highest BCUT2D eigenvalue weighted by Crippen LogP contribution is 2.23. The summed E-state index contributed by atoms with van der Waals surface area (Å²) >= 11 is 0. The van der Waals surface area contributed by atoms with Crippen LogP contribution in [0, 0.1) is 18.8 Å². The van der Waals surface area contributed by atoms with Crippen molar-refractivity contribution in [2.45, 2.75) is 41.2 Å². The van der Waals surface area contributed by atoms with E-state index in [4.69, 9.17) is 0 Å². The molecule has 0 aliphatic rings. The van der Waals surface area contributed by atoms with Crippen LogP contribution in [0.5, 0.6) is 0 Å². The maximum absolute atomic E-state index is 13.3. The normalized spacial score (nSPS) is 12.2. The third kappa shape index (κ3) is 3.83. The van der Waals surface area contributed by atoms with Crippen LogP contribution in [0.3, 0.4) is 0 Å². The van der Waals surface area contributed by atoms with E-state index >= 15 is 0 Å². The van der Waals surface area contributed by atoms with Crippen LogP contribution >= 0.6 is 0 Å². The predicted octanol–water partition coefficient (Wildman–Crippen LogP) is 5.10. The summed E-state index contributed by atoms with van der Waals surface area (Å²) in [4.78, 5) is 19.2. The number of H-pyrrole nitrogens is 1.